The van der Waals surface area contributed by atoms with Crippen molar-refractivity contribution in [2.24, 2.45) is 5.14 Å². The molecule has 2 aromatic rings. The summed E-state index contributed by atoms with van der Waals surface area (Å²) in [6.07, 6.45) is 0. The van der Waals surface area contributed by atoms with Gasteiger partial charge in [-0.05, 0) is 24.6 Å². The highest BCUT2D eigenvalue weighted by Gasteiger charge is 2.26. The Bertz CT molecular complexity index is 891. The third-order valence-corrected chi connectivity index (χ3v) is 4.80. The highest BCUT2D eigenvalue weighted by atomic mass is 32.2. The molecule has 1 atom stereocenters. The van der Waals surface area contributed by atoms with Crippen molar-refractivity contribution in [1.29, 1.82) is 0 Å². The standard InChI is InChI=1S/C15H19N3O4S/c1-8(15(19)20)10-7-11-9(5-4-6-12(11)18(2)3)14(13(10)16)23(17,21)22/h4-8H,16H2,1-3H3,(H,19,20)(H2,17,21,22). The highest BCUT2D eigenvalue weighted by molar-refractivity contribution is 7.89. The zero-order valence-electron chi connectivity index (χ0n) is 13.1. The van der Waals surface area contributed by atoms with Crippen LogP contribution < -0.4 is 15.8 Å². The van der Waals surface area contributed by atoms with Gasteiger partial charge >= 0.3 is 5.97 Å². The van der Waals surface area contributed by atoms with E-state index in [9.17, 15) is 18.3 Å². The first-order chi connectivity index (χ1) is 10.6. The van der Waals surface area contributed by atoms with Crippen molar-refractivity contribution in [2.45, 2.75) is 17.7 Å². The SMILES string of the molecule is CC(C(=O)O)c1cc2c(N(C)C)cccc2c(S(N)(=O)=O)c1N. The Balaban J connectivity index is 3.04. The van der Waals surface area contributed by atoms with E-state index in [0.717, 1.165) is 5.69 Å². The van der Waals surface area contributed by atoms with Gasteiger partial charge in [-0.2, -0.15) is 0 Å². The Morgan fingerprint density at radius 3 is 2.35 bits per heavy atom. The van der Waals surface area contributed by atoms with Crippen molar-refractivity contribution in [3.8, 4) is 0 Å². The van der Waals surface area contributed by atoms with E-state index in [1.54, 1.807) is 29.2 Å². The van der Waals surface area contributed by atoms with Gasteiger partial charge in [0, 0.05) is 30.6 Å². The maximum Gasteiger partial charge on any atom is 0.310 e. The Kier molecular flexibility index (Phi) is 4.23. The van der Waals surface area contributed by atoms with E-state index in [4.69, 9.17) is 10.9 Å². The number of nitrogens with two attached hydrogens (primary N) is 2. The number of fused-ring (bicyclic) bond motifs is 1. The second-order valence-electron chi connectivity index (χ2n) is 5.58. The minimum absolute atomic E-state index is 0.120. The summed E-state index contributed by atoms with van der Waals surface area (Å²) in [6, 6.07) is 6.73. The van der Waals surface area contributed by atoms with Crippen LogP contribution in [0.2, 0.25) is 0 Å². The van der Waals surface area contributed by atoms with Crippen LogP contribution in [0.3, 0.4) is 0 Å². The van der Waals surface area contributed by atoms with Gasteiger partial charge in [-0.3, -0.25) is 4.79 Å². The van der Waals surface area contributed by atoms with Crippen LogP contribution in [0.1, 0.15) is 18.4 Å². The molecule has 0 fully saturated rings. The summed E-state index contributed by atoms with van der Waals surface area (Å²) in [5.41, 5.74) is 6.81. The predicted molar refractivity (Wildman–Crippen MR) is 90.1 cm³/mol. The summed E-state index contributed by atoms with van der Waals surface area (Å²) in [5.74, 6) is -2.06. The van der Waals surface area contributed by atoms with E-state index in [1.807, 2.05) is 14.1 Å². The number of carboxylic acids is 1. The molecule has 7 nitrogen and oxygen atoms in total. The Morgan fingerprint density at radius 2 is 1.87 bits per heavy atom. The van der Waals surface area contributed by atoms with E-state index < -0.39 is 21.9 Å². The Morgan fingerprint density at radius 1 is 1.26 bits per heavy atom. The molecule has 23 heavy (non-hydrogen) atoms. The molecule has 0 aliphatic heterocycles. The maximum atomic E-state index is 12.0. The summed E-state index contributed by atoms with van der Waals surface area (Å²) >= 11 is 0. The normalized spacial score (nSPS) is 13.0. The molecule has 2 rings (SSSR count). The van der Waals surface area contributed by atoms with Crippen molar-refractivity contribution >= 4 is 38.1 Å². The van der Waals surface area contributed by atoms with Gasteiger partial charge in [0.25, 0.3) is 0 Å². The number of benzene rings is 2. The number of nitrogen functional groups attached to an aromatic ring is 1. The third kappa shape index (κ3) is 2.95. The van der Waals surface area contributed by atoms with Crippen LogP contribution in [0.5, 0.6) is 0 Å². The van der Waals surface area contributed by atoms with E-state index in [0.29, 0.717) is 10.8 Å². The van der Waals surface area contributed by atoms with Crippen LogP contribution in [0, 0.1) is 0 Å². The maximum absolute atomic E-state index is 12.0. The molecule has 2 aromatic carbocycles. The molecule has 0 bridgehead atoms. The van der Waals surface area contributed by atoms with Gasteiger partial charge in [-0.1, -0.05) is 12.1 Å². The molecule has 0 radical (unpaired) electrons. The summed E-state index contributed by atoms with van der Waals surface area (Å²) in [6.45, 7) is 1.45. The fourth-order valence-corrected chi connectivity index (χ4v) is 3.51. The molecule has 5 N–H and O–H groups in total. The van der Waals surface area contributed by atoms with E-state index in [2.05, 4.69) is 0 Å². The van der Waals surface area contributed by atoms with E-state index >= 15 is 0 Å². The molecule has 0 aromatic heterocycles. The lowest BCUT2D eigenvalue weighted by Gasteiger charge is -2.20. The first kappa shape index (κ1) is 17.0. The molecule has 0 saturated heterocycles. The quantitative estimate of drug-likeness (QED) is 0.722. The van der Waals surface area contributed by atoms with E-state index in [-0.39, 0.29) is 16.1 Å². The monoisotopic (exact) mass is 337 g/mol. The lowest BCUT2D eigenvalue weighted by atomic mass is 9.95. The third-order valence-electron chi connectivity index (χ3n) is 3.79. The molecule has 1 unspecified atom stereocenters. The summed E-state index contributed by atoms with van der Waals surface area (Å²) in [5, 5.41) is 15.5. The molecule has 0 saturated carbocycles. The Labute approximate surface area is 134 Å². The smallest absolute Gasteiger partial charge is 0.310 e. The summed E-state index contributed by atoms with van der Waals surface area (Å²) in [4.78, 5) is 12.9. The molecule has 124 valence electrons. The second-order valence-corrected chi connectivity index (χ2v) is 7.08. The Hall–Kier alpha value is -2.32. The summed E-state index contributed by atoms with van der Waals surface area (Å²) < 4.78 is 24.1. The number of primary sulfonamides is 1. The van der Waals surface area contributed by atoms with Gasteiger partial charge in [0.15, 0.2) is 0 Å². The van der Waals surface area contributed by atoms with Crippen LogP contribution in [0.4, 0.5) is 11.4 Å². The van der Waals surface area contributed by atoms with Gasteiger partial charge in [0.2, 0.25) is 10.0 Å². The van der Waals surface area contributed by atoms with Gasteiger partial charge in [-0.25, -0.2) is 13.6 Å². The van der Waals surface area contributed by atoms with E-state index in [1.165, 1.54) is 6.92 Å². The van der Waals surface area contributed by atoms with Crippen molar-refractivity contribution < 1.29 is 18.3 Å². The van der Waals surface area contributed by atoms with Gasteiger partial charge in [-0.15, -0.1) is 0 Å². The number of rotatable bonds is 4. The molecule has 8 heteroatoms. The fourth-order valence-electron chi connectivity index (χ4n) is 2.60. The number of carboxylic acid groups (broad SMARTS) is 1. The van der Waals surface area contributed by atoms with Crippen LogP contribution in [-0.2, 0) is 14.8 Å². The second kappa shape index (κ2) is 5.71. The minimum Gasteiger partial charge on any atom is -0.481 e. The first-order valence-corrected chi connectivity index (χ1v) is 8.38. The number of sulfonamides is 1. The van der Waals surface area contributed by atoms with Crippen LogP contribution >= 0.6 is 0 Å². The van der Waals surface area contributed by atoms with Crippen LogP contribution in [0.25, 0.3) is 10.8 Å². The lowest BCUT2D eigenvalue weighted by Crippen LogP contribution is -2.19. The number of hydrogen-bond acceptors (Lipinski definition) is 5. The van der Waals surface area contributed by atoms with Crippen molar-refractivity contribution in [3.05, 3.63) is 29.8 Å². The zero-order valence-corrected chi connectivity index (χ0v) is 13.9. The molecule has 0 spiro atoms. The van der Waals surface area contributed by atoms with Crippen molar-refractivity contribution in [2.75, 3.05) is 24.7 Å². The number of nitrogens with zero attached hydrogens (tertiary/aromatic N) is 1. The molecular weight excluding hydrogens is 318 g/mol. The lowest BCUT2D eigenvalue weighted by molar-refractivity contribution is -0.138. The predicted octanol–water partition coefficient (Wildman–Crippen LogP) is 1.32. The fraction of sp³-hybridized carbons (Fsp3) is 0.267. The molecular formula is C15H19N3O4S. The molecule has 0 amide bonds. The van der Waals surface area contributed by atoms with Gasteiger partial charge in [0.1, 0.15) is 4.90 Å². The number of anilines is 2. The van der Waals surface area contributed by atoms with Crippen molar-refractivity contribution in [1.82, 2.24) is 0 Å². The molecule has 0 aliphatic rings. The number of carbonyl (C=O) groups is 1. The largest absolute Gasteiger partial charge is 0.481 e. The number of hydrogen-bond donors (Lipinski definition) is 3. The first-order valence-electron chi connectivity index (χ1n) is 6.83. The topological polar surface area (TPSA) is 127 Å². The van der Waals surface area contributed by atoms with Crippen molar-refractivity contribution in [3.63, 3.8) is 0 Å². The highest BCUT2D eigenvalue weighted by Crippen LogP contribution is 2.38. The average molecular weight is 337 g/mol. The number of aliphatic carboxylic acids is 1. The molecule has 0 aliphatic carbocycles. The molecule has 0 heterocycles. The van der Waals surface area contributed by atoms with Crippen LogP contribution in [-0.4, -0.2) is 33.6 Å². The average Bonchev–Trinajstić information content (AvgIpc) is 2.43. The summed E-state index contributed by atoms with van der Waals surface area (Å²) in [7, 11) is -0.506. The zero-order chi connectivity index (χ0) is 17.5. The van der Waals surface area contributed by atoms with Gasteiger partial charge in [0.05, 0.1) is 11.6 Å². The van der Waals surface area contributed by atoms with Crippen LogP contribution in [0.15, 0.2) is 29.2 Å². The van der Waals surface area contributed by atoms with Gasteiger partial charge < -0.3 is 15.7 Å². The minimum atomic E-state index is -4.12.